The quantitative estimate of drug-likeness (QED) is 0.339. The van der Waals surface area contributed by atoms with Gasteiger partial charge in [0.25, 0.3) is 0 Å². The first-order valence-electron chi connectivity index (χ1n) is 13.1. The zero-order valence-electron chi connectivity index (χ0n) is 23.4. The number of likely N-dealkylation sites (tertiary alicyclic amines) is 1. The predicted molar refractivity (Wildman–Crippen MR) is 145 cm³/mol. The van der Waals surface area contributed by atoms with Crippen molar-refractivity contribution in [3.05, 3.63) is 53.6 Å². The number of carbonyl (C=O) groups excluding carboxylic acids is 1. The van der Waals surface area contributed by atoms with E-state index in [1.165, 1.54) is 20.4 Å². The molecule has 1 amide bonds. The number of aromatic amines is 1. The summed E-state index contributed by atoms with van der Waals surface area (Å²) in [6, 6.07) is 1.16. The monoisotopic (exact) mass is 570 g/mol. The number of ether oxygens (including phenoxy) is 3. The van der Waals surface area contributed by atoms with Gasteiger partial charge in [-0.05, 0) is 33.6 Å². The summed E-state index contributed by atoms with van der Waals surface area (Å²) < 4.78 is 47.5. The van der Waals surface area contributed by atoms with Crippen LogP contribution in [0.5, 0.6) is 11.5 Å². The van der Waals surface area contributed by atoms with Crippen LogP contribution in [0.25, 0.3) is 22.4 Å². The lowest BCUT2D eigenvalue weighted by Crippen LogP contribution is -2.42. The van der Waals surface area contributed by atoms with Crippen LogP contribution >= 0.6 is 0 Å². The fraction of sp³-hybridized carbons (Fsp3) is 0.429. The molecule has 1 saturated heterocycles. The lowest BCUT2D eigenvalue weighted by molar-refractivity contribution is 0.0184. The third-order valence-electron chi connectivity index (χ3n) is 6.97. The number of piperidine rings is 1. The summed E-state index contributed by atoms with van der Waals surface area (Å²) in [6.07, 6.45) is 5.83. The fourth-order valence-electron chi connectivity index (χ4n) is 4.87. The third-order valence-corrected chi connectivity index (χ3v) is 6.97. The molecule has 13 heteroatoms. The number of aromatic nitrogens is 5. The Kier molecular flexibility index (Phi) is 7.56. The number of aliphatic hydroxyl groups is 1. The highest BCUT2D eigenvalue weighted by atomic mass is 19.1. The van der Waals surface area contributed by atoms with Crippen molar-refractivity contribution in [1.82, 2.24) is 29.6 Å². The molecule has 1 atom stereocenters. The number of amides is 1. The van der Waals surface area contributed by atoms with E-state index in [-0.39, 0.29) is 34.7 Å². The second-order valence-electron chi connectivity index (χ2n) is 10.8. The molecule has 11 nitrogen and oxygen atoms in total. The normalized spacial score (nSPS) is 15.3. The molecule has 0 saturated carbocycles. The van der Waals surface area contributed by atoms with Crippen LogP contribution in [-0.2, 0) is 4.74 Å². The van der Waals surface area contributed by atoms with E-state index in [0.717, 1.165) is 6.07 Å². The minimum atomic E-state index is -1.73. The van der Waals surface area contributed by atoms with Crippen molar-refractivity contribution in [1.29, 1.82) is 0 Å². The summed E-state index contributed by atoms with van der Waals surface area (Å²) in [5, 5.41) is 15.6. The van der Waals surface area contributed by atoms with Gasteiger partial charge in [0.15, 0.2) is 28.8 Å². The number of halogens is 2. The molecule has 1 fully saturated rings. The van der Waals surface area contributed by atoms with Gasteiger partial charge in [0.05, 0.1) is 43.9 Å². The van der Waals surface area contributed by atoms with Gasteiger partial charge in [0.2, 0.25) is 0 Å². The number of rotatable bonds is 6. The Morgan fingerprint density at radius 2 is 1.78 bits per heavy atom. The van der Waals surface area contributed by atoms with Crippen LogP contribution in [0, 0.1) is 11.6 Å². The molecule has 218 valence electrons. The molecule has 4 aromatic rings. The average molecular weight is 571 g/mol. The number of hydrogen-bond acceptors (Lipinski definition) is 8. The third kappa shape index (κ3) is 5.53. The van der Waals surface area contributed by atoms with Gasteiger partial charge in [-0.3, -0.25) is 4.68 Å². The van der Waals surface area contributed by atoms with E-state index < -0.39 is 28.9 Å². The van der Waals surface area contributed by atoms with E-state index in [4.69, 9.17) is 14.2 Å². The molecule has 1 aromatic carbocycles. The average Bonchev–Trinajstić information content (AvgIpc) is 3.60. The molecule has 0 bridgehead atoms. The van der Waals surface area contributed by atoms with E-state index in [1.54, 1.807) is 17.3 Å². The predicted octanol–water partition coefficient (Wildman–Crippen LogP) is 4.77. The lowest BCUT2D eigenvalue weighted by atomic mass is 10.0. The van der Waals surface area contributed by atoms with Crippen molar-refractivity contribution >= 4 is 17.3 Å². The Hall–Kier alpha value is -4.26. The van der Waals surface area contributed by atoms with Crippen LogP contribution in [0.4, 0.5) is 13.6 Å². The Labute approximate surface area is 235 Å². The van der Waals surface area contributed by atoms with Gasteiger partial charge in [-0.25, -0.2) is 23.5 Å². The summed E-state index contributed by atoms with van der Waals surface area (Å²) in [7, 11) is 2.47. The van der Waals surface area contributed by atoms with Gasteiger partial charge < -0.3 is 29.2 Å². The van der Waals surface area contributed by atoms with E-state index in [9.17, 15) is 9.90 Å². The summed E-state index contributed by atoms with van der Waals surface area (Å²) in [5.74, 6) is -2.63. The van der Waals surface area contributed by atoms with Crippen molar-refractivity contribution in [2.75, 3.05) is 27.3 Å². The van der Waals surface area contributed by atoms with E-state index in [2.05, 4.69) is 20.1 Å². The van der Waals surface area contributed by atoms with Gasteiger partial charge in [0, 0.05) is 42.7 Å². The van der Waals surface area contributed by atoms with Crippen molar-refractivity contribution in [3.8, 4) is 22.8 Å². The largest absolute Gasteiger partial charge is 0.494 e. The second-order valence-corrected chi connectivity index (χ2v) is 10.8. The minimum Gasteiger partial charge on any atom is -0.494 e. The number of benzene rings is 1. The van der Waals surface area contributed by atoms with E-state index in [1.807, 2.05) is 31.6 Å². The first-order valence-corrected chi connectivity index (χ1v) is 13.1. The summed E-state index contributed by atoms with van der Waals surface area (Å²) in [6.45, 7) is 6.62. The summed E-state index contributed by atoms with van der Waals surface area (Å²) in [5.41, 5.74) is 0.674. The molecular weight excluding hydrogens is 538 g/mol. The van der Waals surface area contributed by atoms with Gasteiger partial charge in [-0.2, -0.15) is 5.10 Å². The first kappa shape index (κ1) is 28.3. The van der Waals surface area contributed by atoms with Gasteiger partial charge in [-0.15, -0.1) is 0 Å². The standard InChI is InChI=1S/C28H32F2N6O5/c1-28(2,3)41-27(38)35-8-6-16(7-9-35)36-14-15(11-33-36)18-13-32-26-24(34-18)17(12-31-26)25(37)21-22(29)19(39-4)10-20(40-5)23(21)30/h10-14,16,25,37H,6-9H2,1-5H3,(H,31,32). The highest BCUT2D eigenvalue weighted by Gasteiger charge is 2.30. The van der Waals surface area contributed by atoms with Crippen LogP contribution in [0.1, 0.15) is 56.9 Å². The molecule has 3 aromatic heterocycles. The number of nitrogens with one attached hydrogen (secondary N) is 1. The highest BCUT2D eigenvalue weighted by Crippen LogP contribution is 2.38. The number of aliphatic hydroxyl groups excluding tert-OH is 1. The maximum absolute atomic E-state index is 15.1. The maximum Gasteiger partial charge on any atom is 0.410 e. The van der Waals surface area contributed by atoms with Crippen LogP contribution in [-0.4, -0.2) is 73.7 Å². The first-order chi connectivity index (χ1) is 19.5. The smallest absolute Gasteiger partial charge is 0.410 e. The zero-order valence-corrected chi connectivity index (χ0v) is 23.4. The summed E-state index contributed by atoms with van der Waals surface area (Å²) >= 11 is 0. The zero-order chi connectivity index (χ0) is 29.5. The molecule has 0 aliphatic carbocycles. The fourth-order valence-corrected chi connectivity index (χ4v) is 4.87. The molecule has 0 spiro atoms. The van der Waals surface area contributed by atoms with Crippen molar-refractivity contribution in [3.63, 3.8) is 0 Å². The minimum absolute atomic E-state index is 0.0813. The molecule has 4 heterocycles. The molecule has 5 rings (SSSR count). The van der Waals surface area contributed by atoms with Crippen LogP contribution < -0.4 is 9.47 Å². The number of nitrogens with zero attached hydrogens (tertiary/aromatic N) is 5. The van der Waals surface area contributed by atoms with E-state index >= 15 is 8.78 Å². The van der Waals surface area contributed by atoms with Crippen LogP contribution in [0.15, 0.2) is 30.9 Å². The SMILES string of the molecule is COc1cc(OC)c(F)c(C(O)c2c[nH]c3ncc(-c4cnn(C5CCN(C(=O)OC(C)(C)C)CC5)c4)nc23)c1F. The number of hydrogen-bond donors (Lipinski definition) is 2. The topological polar surface area (TPSA) is 128 Å². The number of carbonyl (C=O) groups is 1. The van der Waals surface area contributed by atoms with Crippen molar-refractivity contribution < 1.29 is 32.9 Å². The molecule has 41 heavy (non-hydrogen) atoms. The molecule has 2 N–H and O–H groups in total. The Bertz CT molecular complexity index is 1540. The van der Waals surface area contributed by atoms with Crippen molar-refractivity contribution in [2.24, 2.45) is 0 Å². The van der Waals surface area contributed by atoms with Crippen molar-refractivity contribution in [2.45, 2.75) is 51.4 Å². The molecular formula is C28H32F2N6O5. The molecule has 1 aliphatic heterocycles. The molecule has 0 radical (unpaired) electrons. The van der Waals surface area contributed by atoms with Gasteiger partial charge in [-0.1, -0.05) is 0 Å². The highest BCUT2D eigenvalue weighted by molar-refractivity contribution is 5.79. The number of H-pyrrole nitrogens is 1. The summed E-state index contributed by atoms with van der Waals surface area (Å²) in [4.78, 5) is 26.0. The molecule has 1 aliphatic rings. The Balaban J connectivity index is 1.38. The molecule has 1 unspecified atom stereocenters. The second kappa shape index (κ2) is 11.0. The van der Waals surface area contributed by atoms with E-state index in [0.29, 0.717) is 42.8 Å². The van der Waals surface area contributed by atoms with Crippen LogP contribution in [0.2, 0.25) is 0 Å². The number of fused-ring (bicyclic) bond motifs is 1. The Morgan fingerprint density at radius 1 is 1.12 bits per heavy atom. The Morgan fingerprint density at radius 3 is 2.39 bits per heavy atom. The number of methoxy groups -OCH3 is 2. The lowest BCUT2D eigenvalue weighted by Gasteiger charge is -2.33. The van der Waals surface area contributed by atoms with Gasteiger partial charge >= 0.3 is 6.09 Å². The van der Waals surface area contributed by atoms with Gasteiger partial charge in [0.1, 0.15) is 17.2 Å². The maximum atomic E-state index is 15.1. The van der Waals surface area contributed by atoms with Crippen LogP contribution in [0.3, 0.4) is 0 Å².